The van der Waals surface area contributed by atoms with Crippen LogP contribution in [0.1, 0.15) is 18.1 Å². The Morgan fingerprint density at radius 1 is 1.18 bits per heavy atom. The van der Waals surface area contributed by atoms with Gasteiger partial charge in [0.25, 0.3) is 0 Å². The van der Waals surface area contributed by atoms with Gasteiger partial charge >= 0.3 is 0 Å². The molecule has 0 saturated carbocycles. The Bertz CT molecular complexity index is 308. The molecule has 96 valence electrons. The van der Waals surface area contributed by atoms with E-state index in [9.17, 15) is 0 Å². The third kappa shape index (κ3) is 5.31. The minimum Gasteiger partial charge on any atom is -0.329 e. The minimum absolute atomic E-state index is 0.0856. The predicted molar refractivity (Wildman–Crippen MR) is 74.1 cm³/mol. The number of aryl methyl sites for hydroxylation is 1. The summed E-state index contributed by atoms with van der Waals surface area (Å²) in [4.78, 5) is 2.24. The molecule has 0 fully saturated rings. The average Bonchev–Trinajstić information content (AvgIpc) is 2.36. The highest BCUT2D eigenvalue weighted by atomic mass is 15.1. The fraction of sp³-hybridized carbons (Fsp3) is 0.571. The van der Waals surface area contributed by atoms with Crippen LogP contribution in [0.3, 0.4) is 0 Å². The Kier molecular flexibility index (Phi) is 6.19. The SMILES string of the molecule is CCc1ccc(CCN(C)CC(N)CN)cc1. The van der Waals surface area contributed by atoms with Crippen LogP contribution in [0.2, 0.25) is 0 Å². The molecule has 1 aromatic carbocycles. The van der Waals surface area contributed by atoms with Gasteiger partial charge in [-0.3, -0.25) is 0 Å². The van der Waals surface area contributed by atoms with Gasteiger partial charge in [0.2, 0.25) is 0 Å². The summed E-state index contributed by atoms with van der Waals surface area (Å²) in [6.07, 6.45) is 2.17. The standard InChI is InChI=1S/C14H25N3/c1-3-12-4-6-13(7-5-12)8-9-17(2)11-14(16)10-15/h4-7,14H,3,8-11,15-16H2,1-2H3. The normalized spacial score (nSPS) is 13.0. The van der Waals surface area contributed by atoms with Crippen LogP contribution in [-0.4, -0.2) is 37.6 Å². The Morgan fingerprint density at radius 2 is 1.76 bits per heavy atom. The first-order chi connectivity index (χ1) is 8.15. The number of rotatable bonds is 7. The molecule has 0 spiro atoms. The number of nitrogens with two attached hydrogens (primary N) is 2. The third-order valence-electron chi connectivity index (χ3n) is 3.06. The third-order valence-corrected chi connectivity index (χ3v) is 3.06. The first-order valence-corrected chi connectivity index (χ1v) is 6.37. The molecule has 0 amide bonds. The van der Waals surface area contributed by atoms with Crippen LogP contribution in [-0.2, 0) is 12.8 Å². The molecule has 0 saturated heterocycles. The number of hydrogen-bond acceptors (Lipinski definition) is 3. The molecular formula is C14H25N3. The summed E-state index contributed by atoms with van der Waals surface area (Å²) in [5, 5.41) is 0. The van der Waals surface area contributed by atoms with Crippen molar-refractivity contribution in [1.82, 2.24) is 4.90 Å². The van der Waals surface area contributed by atoms with Crippen molar-refractivity contribution in [3.63, 3.8) is 0 Å². The van der Waals surface area contributed by atoms with Crippen LogP contribution in [0.15, 0.2) is 24.3 Å². The number of nitrogens with zero attached hydrogens (tertiary/aromatic N) is 1. The first-order valence-electron chi connectivity index (χ1n) is 6.37. The second-order valence-corrected chi connectivity index (χ2v) is 4.68. The zero-order valence-electron chi connectivity index (χ0n) is 11.0. The zero-order chi connectivity index (χ0) is 12.7. The van der Waals surface area contributed by atoms with Crippen molar-refractivity contribution in [3.8, 4) is 0 Å². The molecule has 0 radical (unpaired) electrons. The summed E-state index contributed by atoms with van der Waals surface area (Å²) in [7, 11) is 2.09. The van der Waals surface area contributed by atoms with Gasteiger partial charge in [0.15, 0.2) is 0 Å². The molecule has 17 heavy (non-hydrogen) atoms. The van der Waals surface area contributed by atoms with Crippen molar-refractivity contribution < 1.29 is 0 Å². The van der Waals surface area contributed by atoms with Gasteiger partial charge in [-0.15, -0.1) is 0 Å². The molecule has 1 atom stereocenters. The number of hydrogen-bond donors (Lipinski definition) is 2. The maximum absolute atomic E-state index is 5.81. The van der Waals surface area contributed by atoms with Crippen molar-refractivity contribution in [3.05, 3.63) is 35.4 Å². The highest BCUT2D eigenvalue weighted by Gasteiger charge is 2.04. The van der Waals surface area contributed by atoms with E-state index in [0.717, 1.165) is 25.9 Å². The topological polar surface area (TPSA) is 55.3 Å². The minimum atomic E-state index is 0.0856. The van der Waals surface area contributed by atoms with E-state index in [-0.39, 0.29) is 6.04 Å². The molecule has 0 aromatic heterocycles. The monoisotopic (exact) mass is 235 g/mol. The molecule has 0 bridgehead atoms. The van der Waals surface area contributed by atoms with E-state index in [1.54, 1.807) is 0 Å². The Labute approximate surface area is 105 Å². The molecule has 0 aliphatic rings. The smallest absolute Gasteiger partial charge is 0.0292 e. The fourth-order valence-electron chi connectivity index (χ4n) is 1.83. The summed E-state index contributed by atoms with van der Waals surface area (Å²) in [5.41, 5.74) is 14.1. The Hall–Kier alpha value is -0.900. The van der Waals surface area contributed by atoms with Crippen LogP contribution >= 0.6 is 0 Å². The van der Waals surface area contributed by atoms with E-state index >= 15 is 0 Å². The van der Waals surface area contributed by atoms with Gasteiger partial charge in [0, 0.05) is 25.7 Å². The van der Waals surface area contributed by atoms with E-state index in [2.05, 4.69) is 43.1 Å². The molecule has 0 heterocycles. The maximum Gasteiger partial charge on any atom is 0.0292 e. The largest absolute Gasteiger partial charge is 0.329 e. The molecule has 3 nitrogen and oxygen atoms in total. The molecule has 1 unspecified atom stereocenters. The van der Waals surface area contributed by atoms with Gasteiger partial charge in [-0.2, -0.15) is 0 Å². The molecule has 1 rings (SSSR count). The molecule has 4 N–H and O–H groups in total. The zero-order valence-corrected chi connectivity index (χ0v) is 11.0. The van der Waals surface area contributed by atoms with Gasteiger partial charge in [0.05, 0.1) is 0 Å². The second-order valence-electron chi connectivity index (χ2n) is 4.68. The Morgan fingerprint density at radius 3 is 2.29 bits per heavy atom. The van der Waals surface area contributed by atoms with Crippen molar-refractivity contribution in [2.45, 2.75) is 25.8 Å². The van der Waals surface area contributed by atoms with E-state index in [1.807, 2.05) is 0 Å². The fourth-order valence-corrected chi connectivity index (χ4v) is 1.83. The second kappa shape index (κ2) is 7.43. The van der Waals surface area contributed by atoms with Gasteiger partial charge in [-0.25, -0.2) is 0 Å². The highest BCUT2D eigenvalue weighted by Crippen LogP contribution is 2.06. The van der Waals surface area contributed by atoms with Crippen molar-refractivity contribution in [2.75, 3.05) is 26.7 Å². The predicted octanol–water partition coefficient (Wildman–Crippen LogP) is 1.01. The Balaban J connectivity index is 2.34. The first kappa shape index (κ1) is 14.2. The summed E-state index contributed by atoms with van der Waals surface area (Å²) in [6, 6.07) is 8.94. The summed E-state index contributed by atoms with van der Waals surface area (Å²) in [5.74, 6) is 0. The van der Waals surface area contributed by atoms with Gasteiger partial charge < -0.3 is 16.4 Å². The lowest BCUT2D eigenvalue weighted by molar-refractivity contribution is 0.316. The quantitative estimate of drug-likeness (QED) is 0.741. The maximum atomic E-state index is 5.81. The van der Waals surface area contributed by atoms with E-state index < -0.39 is 0 Å². The van der Waals surface area contributed by atoms with E-state index in [0.29, 0.717) is 6.54 Å². The lowest BCUT2D eigenvalue weighted by atomic mass is 10.1. The van der Waals surface area contributed by atoms with Crippen LogP contribution < -0.4 is 11.5 Å². The lowest BCUT2D eigenvalue weighted by Gasteiger charge is -2.20. The number of benzene rings is 1. The highest BCUT2D eigenvalue weighted by molar-refractivity contribution is 5.22. The number of likely N-dealkylation sites (N-methyl/N-ethyl adjacent to an activating group) is 1. The van der Waals surface area contributed by atoms with Crippen molar-refractivity contribution in [1.29, 1.82) is 0 Å². The van der Waals surface area contributed by atoms with Gasteiger partial charge in [0.1, 0.15) is 0 Å². The van der Waals surface area contributed by atoms with Crippen LogP contribution in [0.25, 0.3) is 0 Å². The van der Waals surface area contributed by atoms with Crippen LogP contribution in [0.5, 0.6) is 0 Å². The van der Waals surface area contributed by atoms with E-state index in [1.165, 1.54) is 11.1 Å². The average molecular weight is 235 g/mol. The molecule has 0 aliphatic heterocycles. The van der Waals surface area contributed by atoms with Gasteiger partial charge in [-0.1, -0.05) is 31.2 Å². The summed E-state index contributed by atoms with van der Waals surface area (Å²) >= 11 is 0. The molecule has 3 heteroatoms. The summed E-state index contributed by atoms with van der Waals surface area (Å²) in [6.45, 7) is 4.62. The molecule has 0 aliphatic carbocycles. The van der Waals surface area contributed by atoms with Crippen LogP contribution in [0, 0.1) is 0 Å². The molecule has 1 aromatic rings. The van der Waals surface area contributed by atoms with Crippen molar-refractivity contribution >= 4 is 0 Å². The summed E-state index contributed by atoms with van der Waals surface area (Å²) < 4.78 is 0. The lowest BCUT2D eigenvalue weighted by Crippen LogP contribution is -2.41. The van der Waals surface area contributed by atoms with Gasteiger partial charge in [-0.05, 0) is 31.0 Å². The van der Waals surface area contributed by atoms with E-state index in [4.69, 9.17) is 11.5 Å². The van der Waals surface area contributed by atoms with Crippen LogP contribution in [0.4, 0.5) is 0 Å². The molecular weight excluding hydrogens is 210 g/mol. The van der Waals surface area contributed by atoms with Crippen molar-refractivity contribution in [2.24, 2.45) is 11.5 Å².